The molecule has 3 nitrogen and oxygen atoms in total. The quantitative estimate of drug-likeness (QED) is 0.658. The molecular formula is C8H17NO2S. The Balaban J connectivity index is 2.39. The lowest BCUT2D eigenvalue weighted by molar-refractivity contribution is 0.230. The van der Waals surface area contributed by atoms with Gasteiger partial charge in [0.25, 0.3) is 0 Å². The summed E-state index contributed by atoms with van der Waals surface area (Å²) in [6.07, 6.45) is 2.06. The van der Waals surface area contributed by atoms with Crippen LogP contribution < -0.4 is 0 Å². The lowest BCUT2D eigenvalue weighted by Crippen LogP contribution is -2.33. The average Bonchev–Trinajstić information content (AvgIpc) is 2.04. The molecule has 0 spiro atoms. The standard InChI is InChI=1S/C8H17NO2S/c1-7(2)8-3-5-9(6-4-8)12(10)11/h7-8,12H,3-6H2,1-2H3. The second kappa shape index (κ2) is 4.23. The molecule has 0 bridgehead atoms. The maximum absolute atomic E-state index is 10.6. The van der Waals surface area contributed by atoms with Gasteiger partial charge in [0.2, 0.25) is 10.9 Å². The summed E-state index contributed by atoms with van der Waals surface area (Å²) in [7, 11) is -2.32. The molecule has 1 heterocycles. The Kier molecular flexibility index (Phi) is 3.53. The number of hydrogen-bond acceptors (Lipinski definition) is 2. The predicted molar refractivity (Wildman–Crippen MR) is 49.4 cm³/mol. The van der Waals surface area contributed by atoms with Crippen LogP contribution in [0.5, 0.6) is 0 Å². The van der Waals surface area contributed by atoms with Crippen LogP contribution in [0, 0.1) is 11.8 Å². The minimum absolute atomic E-state index is 0.691. The first-order chi connectivity index (χ1) is 5.61. The Morgan fingerprint density at radius 3 is 2.08 bits per heavy atom. The van der Waals surface area contributed by atoms with Gasteiger partial charge in [-0.25, -0.2) is 12.7 Å². The van der Waals surface area contributed by atoms with E-state index in [0.29, 0.717) is 5.92 Å². The summed E-state index contributed by atoms with van der Waals surface area (Å²) in [5.74, 6) is 1.41. The molecule has 1 rings (SSSR count). The van der Waals surface area contributed by atoms with Crippen LogP contribution in [-0.2, 0) is 10.9 Å². The molecule has 0 N–H and O–H groups in total. The molecule has 72 valence electrons. The average molecular weight is 191 g/mol. The van der Waals surface area contributed by atoms with Crippen molar-refractivity contribution in [3.63, 3.8) is 0 Å². The molecule has 12 heavy (non-hydrogen) atoms. The fourth-order valence-corrected chi connectivity index (χ4v) is 2.27. The zero-order chi connectivity index (χ0) is 9.14. The first kappa shape index (κ1) is 9.99. The van der Waals surface area contributed by atoms with Gasteiger partial charge < -0.3 is 0 Å². The van der Waals surface area contributed by atoms with Crippen molar-refractivity contribution in [3.8, 4) is 0 Å². The van der Waals surface area contributed by atoms with Gasteiger partial charge in [0.05, 0.1) is 0 Å². The predicted octanol–water partition coefficient (Wildman–Crippen LogP) is 0.881. The van der Waals surface area contributed by atoms with Crippen LogP contribution in [0.25, 0.3) is 0 Å². The van der Waals surface area contributed by atoms with Crippen molar-refractivity contribution in [1.82, 2.24) is 4.31 Å². The highest BCUT2D eigenvalue weighted by atomic mass is 32.2. The molecule has 0 aromatic carbocycles. The number of rotatable bonds is 2. The van der Waals surface area contributed by atoms with Gasteiger partial charge in [-0.05, 0) is 24.7 Å². The SMILES string of the molecule is CC(C)C1CCN([SH](=O)=O)CC1. The second-order valence-corrected chi connectivity index (χ2v) is 4.81. The first-order valence-corrected chi connectivity index (χ1v) is 5.63. The molecule has 0 unspecified atom stereocenters. The van der Waals surface area contributed by atoms with Gasteiger partial charge in [0, 0.05) is 13.1 Å². The molecule has 1 saturated heterocycles. The Hall–Kier alpha value is -0.0900. The molecule has 0 atom stereocenters. The topological polar surface area (TPSA) is 37.4 Å². The summed E-state index contributed by atoms with van der Waals surface area (Å²) in [6.45, 7) is 5.86. The summed E-state index contributed by atoms with van der Waals surface area (Å²) in [5, 5.41) is 0. The molecule has 0 aliphatic carbocycles. The molecule has 1 aliphatic heterocycles. The molecule has 0 saturated carbocycles. The van der Waals surface area contributed by atoms with Crippen LogP contribution in [0.3, 0.4) is 0 Å². The van der Waals surface area contributed by atoms with Crippen LogP contribution in [0.1, 0.15) is 26.7 Å². The molecule has 0 aromatic rings. The van der Waals surface area contributed by atoms with Crippen molar-refractivity contribution in [3.05, 3.63) is 0 Å². The van der Waals surface area contributed by atoms with Gasteiger partial charge >= 0.3 is 0 Å². The van der Waals surface area contributed by atoms with E-state index in [0.717, 1.165) is 31.8 Å². The summed E-state index contributed by atoms with van der Waals surface area (Å²) in [6, 6.07) is 0. The van der Waals surface area contributed by atoms with Gasteiger partial charge in [0.1, 0.15) is 0 Å². The van der Waals surface area contributed by atoms with E-state index in [2.05, 4.69) is 13.8 Å². The van der Waals surface area contributed by atoms with Crippen LogP contribution >= 0.6 is 0 Å². The van der Waals surface area contributed by atoms with E-state index in [9.17, 15) is 8.42 Å². The molecule has 1 fully saturated rings. The number of hydrogen-bond donors (Lipinski definition) is 1. The summed E-state index contributed by atoms with van der Waals surface area (Å²) >= 11 is 0. The van der Waals surface area contributed by atoms with Crippen molar-refractivity contribution in [2.45, 2.75) is 26.7 Å². The molecular weight excluding hydrogens is 174 g/mol. The number of piperidine rings is 1. The normalized spacial score (nSPS) is 22.3. The van der Waals surface area contributed by atoms with E-state index in [-0.39, 0.29) is 0 Å². The van der Waals surface area contributed by atoms with Gasteiger partial charge in [-0.3, -0.25) is 0 Å². The van der Waals surface area contributed by atoms with E-state index >= 15 is 0 Å². The first-order valence-electron chi connectivity index (χ1n) is 4.50. The van der Waals surface area contributed by atoms with Gasteiger partial charge in [-0.2, -0.15) is 0 Å². The van der Waals surface area contributed by atoms with Crippen LogP contribution in [-0.4, -0.2) is 25.8 Å². The molecule has 0 radical (unpaired) electrons. The molecule has 1 aliphatic rings. The van der Waals surface area contributed by atoms with Gasteiger partial charge in [-0.1, -0.05) is 13.8 Å². The smallest absolute Gasteiger partial charge is 0.203 e. The van der Waals surface area contributed by atoms with Crippen LogP contribution in [0.15, 0.2) is 0 Å². The van der Waals surface area contributed by atoms with Crippen molar-refractivity contribution < 1.29 is 8.42 Å². The fourth-order valence-electron chi connectivity index (χ4n) is 1.72. The zero-order valence-corrected chi connectivity index (χ0v) is 8.59. The largest absolute Gasteiger partial charge is 0.215 e. The zero-order valence-electron chi connectivity index (χ0n) is 7.69. The van der Waals surface area contributed by atoms with Crippen LogP contribution in [0.4, 0.5) is 0 Å². The highest BCUT2D eigenvalue weighted by Crippen LogP contribution is 2.23. The van der Waals surface area contributed by atoms with Crippen molar-refractivity contribution >= 4 is 10.9 Å². The van der Waals surface area contributed by atoms with E-state index in [1.165, 1.54) is 0 Å². The van der Waals surface area contributed by atoms with E-state index < -0.39 is 10.9 Å². The Morgan fingerprint density at radius 1 is 1.25 bits per heavy atom. The Bertz CT molecular complexity index is 197. The summed E-state index contributed by atoms with van der Waals surface area (Å²) in [4.78, 5) is 0. The third kappa shape index (κ3) is 2.45. The molecule has 4 heteroatoms. The van der Waals surface area contributed by atoms with Gasteiger partial charge in [-0.15, -0.1) is 0 Å². The van der Waals surface area contributed by atoms with Gasteiger partial charge in [0.15, 0.2) is 0 Å². The van der Waals surface area contributed by atoms with E-state index in [4.69, 9.17) is 0 Å². The maximum Gasteiger partial charge on any atom is 0.203 e. The molecule has 0 aromatic heterocycles. The van der Waals surface area contributed by atoms with E-state index in [1.807, 2.05) is 0 Å². The minimum atomic E-state index is -2.32. The van der Waals surface area contributed by atoms with Crippen molar-refractivity contribution in [2.24, 2.45) is 11.8 Å². The van der Waals surface area contributed by atoms with Crippen molar-refractivity contribution in [2.75, 3.05) is 13.1 Å². The van der Waals surface area contributed by atoms with Crippen LogP contribution in [0.2, 0.25) is 0 Å². The van der Waals surface area contributed by atoms with E-state index in [1.54, 1.807) is 4.31 Å². The lowest BCUT2D eigenvalue weighted by atomic mass is 9.87. The van der Waals surface area contributed by atoms with Crippen molar-refractivity contribution in [1.29, 1.82) is 0 Å². The number of nitrogens with zero attached hydrogens (tertiary/aromatic N) is 1. The monoisotopic (exact) mass is 191 g/mol. The lowest BCUT2D eigenvalue weighted by Gasteiger charge is -2.29. The highest BCUT2D eigenvalue weighted by Gasteiger charge is 2.22. The Labute approximate surface area is 75.8 Å². The Morgan fingerprint density at radius 2 is 1.75 bits per heavy atom. The summed E-state index contributed by atoms with van der Waals surface area (Å²) < 4.78 is 22.7. The fraction of sp³-hybridized carbons (Fsp3) is 1.00. The minimum Gasteiger partial charge on any atom is -0.215 e. The number of thiol groups is 1. The molecule has 0 amide bonds. The summed E-state index contributed by atoms with van der Waals surface area (Å²) in [5.41, 5.74) is 0. The highest BCUT2D eigenvalue weighted by molar-refractivity contribution is 7.69. The third-order valence-electron chi connectivity index (χ3n) is 2.69. The second-order valence-electron chi connectivity index (χ2n) is 3.77. The third-order valence-corrected chi connectivity index (χ3v) is 3.55. The maximum atomic E-state index is 10.6.